The van der Waals surface area contributed by atoms with Gasteiger partial charge in [-0.2, -0.15) is 8.42 Å². The number of nitrogens with zero attached hydrogens (tertiary/aromatic N) is 1. The van der Waals surface area contributed by atoms with Gasteiger partial charge in [-0.3, -0.25) is 9.59 Å². The van der Waals surface area contributed by atoms with Gasteiger partial charge in [0.15, 0.2) is 12.4 Å². The fourth-order valence-electron chi connectivity index (χ4n) is 2.94. The molecular formula is C18H14N4O6S. The van der Waals surface area contributed by atoms with Gasteiger partial charge in [-0.15, -0.1) is 4.40 Å². The number of carbonyl (C=O) groups excluding carboxylic acids is 1. The van der Waals surface area contributed by atoms with E-state index >= 15 is 0 Å². The fraction of sp³-hybridized carbons (Fsp3) is 0.0556. The molecule has 0 aliphatic carbocycles. The van der Waals surface area contributed by atoms with E-state index in [-0.39, 0.29) is 27.7 Å². The van der Waals surface area contributed by atoms with Gasteiger partial charge in [0.05, 0.1) is 11.2 Å². The van der Waals surface area contributed by atoms with Crippen LogP contribution in [0.25, 0.3) is 10.9 Å². The van der Waals surface area contributed by atoms with Crippen molar-refractivity contribution in [2.45, 2.75) is 4.90 Å². The third kappa shape index (κ3) is 3.27. The van der Waals surface area contributed by atoms with Crippen molar-refractivity contribution >= 4 is 38.4 Å². The number of pyridine rings is 1. The second-order valence-electron chi connectivity index (χ2n) is 6.18. The molecule has 11 heteroatoms. The molecule has 4 rings (SSSR count). The Morgan fingerprint density at radius 2 is 1.97 bits per heavy atom. The van der Waals surface area contributed by atoms with E-state index in [0.29, 0.717) is 10.9 Å². The van der Waals surface area contributed by atoms with Gasteiger partial charge in [0, 0.05) is 11.5 Å². The van der Waals surface area contributed by atoms with Crippen LogP contribution in [-0.2, 0) is 14.8 Å². The molecule has 5 N–H and O–H groups in total. The summed E-state index contributed by atoms with van der Waals surface area (Å²) in [5.74, 6) is -1.31. The number of rotatable bonds is 4. The average Bonchev–Trinajstić information content (AvgIpc) is 2.66. The lowest BCUT2D eigenvalue weighted by Gasteiger charge is -2.19. The number of sulfonamides is 1. The molecule has 0 bridgehead atoms. The minimum absolute atomic E-state index is 0.109. The first-order chi connectivity index (χ1) is 13.8. The smallest absolute Gasteiger partial charge is 0.286 e. The molecule has 3 aromatic rings. The van der Waals surface area contributed by atoms with Gasteiger partial charge in [0.25, 0.3) is 21.5 Å². The number of para-hydroxylation sites is 1. The van der Waals surface area contributed by atoms with E-state index in [1.54, 1.807) is 24.3 Å². The Morgan fingerprint density at radius 1 is 1.21 bits per heavy atom. The highest BCUT2D eigenvalue weighted by Gasteiger charge is 2.29. The van der Waals surface area contributed by atoms with Gasteiger partial charge < -0.3 is 25.9 Å². The SMILES string of the molecule is NC(=O)COc1ccc2c(c1)S(=O)(=O)N=C(c1c(O)c3ccccc3[nH]c1=O)N2. The van der Waals surface area contributed by atoms with E-state index in [0.717, 1.165) is 0 Å². The lowest BCUT2D eigenvalue weighted by atomic mass is 10.1. The normalized spacial score (nSPS) is 14.6. The van der Waals surface area contributed by atoms with Crippen LogP contribution in [0.1, 0.15) is 5.56 Å². The van der Waals surface area contributed by atoms with E-state index in [4.69, 9.17) is 10.5 Å². The summed E-state index contributed by atoms with van der Waals surface area (Å²) in [5.41, 5.74) is 4.54. The largest absolute Gasteiger partial charge is 0.506 e. The number of aromatic amines is 1. The van der Waals surface area contributed by atoms with Gasteiger partial charge in [-0.05, 0) is 24.3 Å². The van der Waals surface area contributed by atoms with Gasteiger partial charge >= 0.3 is 0 Å². The number of ether oxygens (including phenoxy) is 1. The van der Waals surface area contributed by atoms with Crippen molar-refractivity contribution in [3.05, 3.63) is 58.4 Å². The number of amidine groups is 1. The van der Waals surface area contributed by atoms with Crippen molar-refractivity contribution < 1.29 is 23.1 Å². The number of aromatic nitrogens is 1. The predicted molar refractivity (Wildman–Crippen MR) is 105 cm³/mol. The Labute approximate surface area is 163 Å². The average molecular weight is 414 g/mol. The number of nitrogens with one attached hydrogen (secondary N) is 2. The molecule has 0 spiro atoms. The second-order valence-corrected chi connectivity index (χ2v) is 7.75. The maximum atomic E-state index is 12.7. The van der Waals surface area contributed by atoms with Crippen LogP contribution in [0.2, 0.25) is 0 Å². The molecule has 29 heavy (non-hydrogen) atoms. The molecule has 1 aromatic heterocycles. The van der Waals surface area contributed by atoms with Crippen LogP contribution in [0.4, 0.5) is 5.69 Å². The highest BCUT2D eigenvalue weighted by atomic mass is 32.2. The first kappa shape index (κ1) is 18.5. The van der Waals surface area contributed by atoms with Crippen molar-refractivity contribution in [3.63, 3.8) is 0 Å². The number of anilines is 1. The number of aromatic hydroxyl groups is 1. The molecule has 0 saturated carbocycles. The zero-order valence-electron chi connectivity index (χ0n) is 14.7. The molecule has 2 aromatic carbocycles. The molecule has 148 valence electrons. The number of benzene rings is 2. The fourth-order valence-corrected chi connectivity index (χ4v) is 4.07. The first-order valence-corrected chi connectivity index (χ1v) is 9.72. The molecule has 0 unspecified atom stereocenters. The lowest BCUT2D eigenvalue weighted by molar-refractivity contribution is -0.119. The molecule has 1 aliphatic heterocycles. The van der Waals surface area contributed by atoms with Crippen LogP contribution in [0, 0.1) is 0 Å². The summed E-state index contributed by atoms with van der Waals surface area (Å²) < 4.78 is 34.1. The topological polar surface area (TPSA) is 164 Å². The summed E-state index contributed by atoms with van der Waals surface area (Å²) in [4.78, 5) is 25.7. The highest BCUT2D eigenvalue weighted by Crippen LogP contribution is 2.33. The number of amides is 1. The summed E-state index contributed by atoms with van der Waals surface area (Å²) in [6.07, 6.45) is 0. The Bertz CT molecular complexity index is 1360. The number of H-pyrrole nitrogens is 1. The minimum atomic E-state index is -4.22. The number of fused-ring (bicyclic) bond motifs is 2. The van der Waals surface area contributed by atoms with Crippen molar-refractivity contribution in [1.29, 1.82) is 0 Å². The van der Waals surface area contributed by atoms with Crippen LogP contribution in [0.3, 0.4) is 0 Å². The van der Waals surface area contributed by atoms with Gasteiger partial charge in [-0.1, -0.05) is 12.1 Å². The van der Waals surface area contributed by atoms with Crippen molar-refractivity contribution in [3.8, 4) is 11.5 Å². The molecule has 2 heterocycles. The summed E-state index contributed by atoms with van der Waals surface area (Å²) in [6, 6.07) is 10.5. The van der Waals surface area contributed by atoms with E-state index < -0.39 is 33.8 Å². The van der Waals surface area contributed by atoms with E-state index in [2.05, 4.69) is 14.7 Å². The molecule has 10 nitrogen and oxygen atoms in total. The molecule has 0 saturated heterocycles. The zero-order valence-corrected chi connectivity index (χ0v) is 15.5. The highest BCUT2D eigenvalue weighted by molar-refractivity contribution is 7.90. The Morgan fingerprint density at radius 3 is 2.72 bits per heavy atom. The first-order valence-electron chi connectivity index (χ1n) is 8.28. The minimum Gasteiger partial charge on any atom is -0.506 e. The predicted octanol–water partition coefficient (Wildman–Crippen LogP) is 0.659. The van der Waals surface area contributed by atoms with Crippen LogP contribution in [-0.4, -0.2) is 36.9 Å². The summed E-state index contributed by atoms with van der Waals surface area (Å²) in [5, 5.41) is 13.7. The third-order valence-corrected chi connectivity index (χ3v) is 5.52. The van der Waals surface area contributed by atoms with Crippen LogP contribution in [0.5, 0.6) is 11.5 Å². The maximum Gasteiger partial charge on any atom is 0.286 e. The maximum absolute atomic E-state index is 12.7. The summed E-state index contributed by atoms with van der Waals surface area (Å²) in [6.45, 7) is -0.416. The number of hydrogen-bond acceptors (Lipinski definition) is 7. The summed E-state index contributed by atoms with van der Waals surface area (Å²) in [7, 11) is -4.22. The van der Waals surface area contributed by atoms with Crippen molar-refractivity contribution in [1.82, 2.24) is 4.98 Å². The third-order valence-electron chi connectivity index (χ3n) is 4.21. The Hall–Kier alpha value is -3.86. The summed E-state index contributed by atoms with van der Waals surface area (Å²) >= 11 is 0. The monoisotopic (exact) mass is 414 g/mol. The second kappa shape index (κ2) is 6.63. The molecular weight excluding hydrogens is 400 g/mol. The number of carbonyl (C=O) groups is 1. The molecule has 1 amide bonds. The van der Waals surface area contributed by atoms with Crippen LogP contribution >= 0.6 is 0 Å². The Kier molecular flexibility index (Phi) is 4.23. The lowest BCUT2D eigenvalue weighted by Crippen LogP contribution is -2.28. The van der Waals surface area contributed by atoms with E-state index in [9.17, 15) is 23.1 Å². The molecule has 0 radical (unpaired) electrons. The quantitative estimate of drug-likeness (QED) is 0.487. The van der Waals surface area contributed by atoms with Gasteiger partial charge in [0.2, 0.25) is 0 Å². The van der Waals surface area contributed by atoms with Crippen LogP contribution in [0.15, 0.2) is 56.6 Å². The number of hydrogen-bond donors (Lipinski definition) is 4. The standard InChI is InChI=1S/C18H14N4O6S/c19-14(23)8-28-9-5-6-12-13(7-9)29(26,27)22-17(20-12)15-16(24)10-3-1-2-4-11(10)21-18(15)25/h1-7H,8H2,(H2,19,23)(H,20,22)(H2,21,24,25). The van der Waals surface area contributed by atoms with Crippen molar-refractivity contribution in [2.75, 3.05) is 11.9 Å². The zero-order chi connectivity index (χ0) is 20.8. The van der Waals surface area contributed by atoms with E-state index in [1.807, 2.05) is 0 Å². The molecule has 0 fully saturated rings. The van der Waals surface area contributed by atoms with Crippen LogP contribution < -0.4 is 21.3 Å². The number of primary amides is 1. The van der Waals surface area contributed by atoms with Crippen molar-refractivity contribution in [2.24, 2.45) is 10.1 Å². The van der Waals surface area contributed by atoms with Gasteiger partial charge in [0.1, 0.15) is 22.0 Å². The van der Waals surface area contributed by atoms with E-state index in [1.165, 1.54) is 18.2 Å². The Balaban J connectivity index is 1.82. The molecule has 0 atom stereocenters. The number of nitrogens with two attached hydrogens (primary N) is 1. The molecule has 1 aliphatic rings. The van der Waals surface area contributed by atoms with Gasteiger partial charge in [-0.25, -0.2) is 0 Å².